The quantitative estimate of drug-likeness (QED) is 0.756. The van der Waals surface area contributed by atoms with E-state index in [-0.39, 0.29) is 11.9 Å². The van der Waals surface area contributed by atoms with E-state index in [1.54, 1.807) is 6.20 Å². The van der Waals surface area contributed by atoms with Gasteiger partial charge >= 0.3 is 0 Å². The molecule has 3 heterocycles. The molecule has 0 radical (unpaired) electrons. The van der Waals surface area contributed by atoms with Crippen molar-refractivity contribution in [1.29, 1.82) is 0 Å². The molecule has 1 aromatic carbocycles. The third-order valence-corrected chi connectivity index (χ3v) is 5.13. The van der Waals surface area contributed by atoms with E-state index in [0.717, 1.165) is 48.2 Å². The van der Waals surface area contributed by atoms with Gasteiger partial charge in [0.15, 0.2) is 0 Å². The Morgan fingerprint density at radius 2 is 2.15 bits per heavy atom. The van der Waals surface area contributed by atoms with E-state index in [4.69, 9.17) is 4.98 Å². The van der Waals surface area contributed by atoms with Gasteiger partial charge in [-0.05, 0) is 50.1 Å². The van der Waals surface area contributed by atoms with Crippen LogP contribution >= 0.6 is 0 Å². The predicted octanol–water partition coefficient (Wildman–Crippen LogP) is 3.14. The maximum Gasteiger partial charge on any atom is 0.237 e. The molecule has 140 valence electrons. The first-order chi connectivity index (χ1) is 13.2. The smallest absolute Gasteiger partial charge is 0.237 e. The van der Waals surface area contributed by atoms with E-state index < -0.39 is 0 Å². The Morgan fingerprint density at radius 3 is 2.96 bits per heavy atom. The van der Waals surface area contributed by atoms with Gasteiger partial charge in [0.25, 0.3) is 0 Å². The van der Waals surface area contributed by atoms with Crippen LogP contribution in [0.3, 0.4) is 0 Å². The topological polar surface area (TPSA) is 65.1 Å². The number of rotatable bonds is 5. The summed E-state index contributed by atoms with van der Waals surface area (Å²) < 4.78 is 0. The molecule has 0 aliphatic carbocycles. The number of amides is 1. The second-order valence-electron chi connectivity index (χ2n) is 7.27. The molecule has 0 spiro atoms. The molecular formula is C21H25N5O. The van der Waals surface area contributed by atoms with Crippen LogP contribution < -0.4 is 0 Å². The van der Waals surface area contributed by atoms with E-state index >= 15 is 0 Å². The molecule has 1 N–H and O–H groups in total. The highest BCUT2D eigenvalue weighted by atomic mass is 16.2. The molecule has 2 aromatic heterocycles. The summed E-state index contributed by atoms with van der Waals surface area (Å²) in [4.78, 5) is 29.4. The zero-order valence-electron chi connectivity index (χ0n) is 15.6. The lowest BCUT2D eigenvalue weighted by atomic mass is 10.0. The number of carbonyl (C=O) groups is 1. The predicted molar refractivity (Wildman–Crippen MR) is 105 cm³/mol. The summed E-state index contributed by atoms with van der Waals surface area (Å²) in [6.45, 7) is 1.90. The molecule has 0 unspecified atom stereocenters. The number of benzene rings is 1. The van der Waals surface area contributed by atoms with Gasteiger partial charge < -0.3 is 9.88 Å². The molecule has 27 heavy (non-hydrogen) atoms. The van der Waals surface area contributed by atoms with Crippen molar-refractivity contribution in [2.75, 3.05) is 20.1 Å². The van der Waals surface area contributed by atoms with Gasteiger partial charge in [-0.15, -0.1) is 0 Å². The highest BCUT2D eigenvalue weighted by molar-refractivity contribution is 5.79. The summed E-state index contributed by atoms with van der Waals surface area (Å²) in [5.41, 5.74) is 3.10. The van der Waals surface area contributed by atoms with Crippen LogP contribution in [0.4, 0.5) is 0 Å². The largest absolute Gasteiger partial charge is 0.340 e. The molecule has 1 saturated heterocycles. The first kappa shape index (κ1) is 17.7. The highest BCUT2D eigenvalue weighted by Gasteiger charge is 2.30. The van der Waals surface area contributed by atoms with Gasteiger partial charge in [0, 0.05) is 25.5 Å². The van der Waals surface area contributed by atoms with Crippen molar-refractivity contribution in [3.63, 3.8) is 0 Å². The van der Waals surface area contributed by atoms with Crippen molar-refractivity contribution < 1.29 is 4.79 Å². The van der Waals surface area contributed by atoms with Crippen LogP contribution in [0.2, 0.25) is 0 Å². The van der Waals surface area contributed by atoms with Gasteiger partial charge in [0.2, 0.25) is 5.91 Å². The van der Waals surface area contributed by atoms with Crippen molar-refractivity contribution in [2.45, 2.75) is 31.8 Å². The van der Waals surface area contributed by atoms with Gasteiger partial charge in [-0.1, -0.05) is 18.2 Å². The Morgan fingerprint density at radius 1 is 1.26 bits per heavy atom. The summed E-state index contributed by atoms with van der Waals surface area (Å²) in [5.74, 6) is 1.06. The molecule has 1 aliphatic rings. The SMILES string of the molecule is CN(CC(=O)N1CCCC[C@@H]1c1nc2ccccc2[nH]1)Cc1cccnc1. The lowest BCUT2D eigenvalue weighted by Crippen LogP contribution is -2.43. The van der Waals surface area contributed by atoms with Crippen LogP contribution in [0.25, 0.3) is 11.0 Å². The average molecular weight is 363 g/mol. The number of imidazole rings is 1. The Kier molecular flexibility index (Phi) is 5.16. The lowest BCUT2D eigenvalue weighted by Gasteiger charge is -2.35. The summed E-state index contributed by atoms with van der Waals surface area (Å²) in [6, 6.07) is 12.0. The summed E-state index contributed by atoms with van der Waals surface area (Å²) in [6.07, 6.45) is 6.74. The number of nitrogens with one attached hydrogen (secondary N) is 1. The Hall–Kier alpha value is -2.73. The maximum atomic E-state index is 13.0. The Balaban J connectivity index is 1.47. The van der Waals surface area contributed by atoms with Crippen molar-refractivity contribution in [1.82, 2.24) is 24.8 Å². The lowest BCUT2D eigenvalue weighted by molar-refractivity contribution is -0.136. The second kappa shape index (κ2) is 7.88. The molecule has 0 bridgehead atoms. The molecule has 0 saturated carbocycles. The number of likely N-dealkylation sites (tertiary alicyclic amines) is 1. The minimum atomic E-state index is 0.0328. The number of pyridine rings is 1. The normalized spacial score (nSPS) is 17.6. The number of aromatic nitrogens is 3. The second-order valence-corrected chi connectivity index (χ2v) is 7.27. The van der Waals surface area contributed by atoms with Crippen LogP contribution in [-0.4, -0.2) is 50.8 Å². The molecule has 3 aromatic rings. The molecule has 1 atom stereocenters. The van der Waals surface area contributed by atoms with E-state index in [1.807, 2.05) is 59.4 Å². The number of aromatic amines is 1. The maximum absolute atomic E-state index is 13.0. The average Bonchev–Trinajstić information content (AvgIpc) is 3.13. The molecule has 4 rings (SSSR count). The zero-order chi connectivity index (χ0) is 18.6. The van der Waals surface area contributed by atoms with Crippen LogP contribution in [-0.2, 0) is 11.3 Å². The number of likely N-dealkylation sites (N-methyl/N-ethyl adjacent to an activating group) is 1. The molecule has 6 heteroatoms. The van der Waals surface area contributed by atoms with Gasteiger partial charge in [0.1, 0.15) is 5.82 Å². The molecule has 1 amide bonds. The van der Waals surface area contributed by atoms with Gasteiger partial charge in [-0.2, -0.15) is 0 Å². The number of H-pyrrole nitrogens is 1. The number of hydrogen-bond acceptors (Lipinski definition) is 4. The Bertz CT molecular complexity index is 874. The number of para-hydroxylation sites is 2. The first-order valence-electron chi connectivity index (χ1n) is 9.52. The van der Waals surface area contributed by atoms with Crippen molar-refractivity contribution in [3.8, 4) is 0 Å². The fraction of sp³-hybridized carbons (Fsp3) is 0.381. The summed E-state index contributed by atoms with van der Waals surface area (Å²) in [5, 5.41) is 0. The Labute approximate surface area is 159 Å². The molecule has 1 aliphatic heterocycles. The number of nitrogens with zero attached hydrogens (tertiary/aromatic N) is 4. The first-order valence-corrected chi connectivity index (χ1v) is 9.52. The monoisotopic (exact) mass is 363 g/mol. The summed E-state index contributed by atoms with van der Waals surface area (Å²) >= 11 is 0. The minimum absolute atomic E-state index is 0.0328. The van der Waals surface area contributed by atoms with Gasteiger partial charge in [-0.25, -0.2) is 4.98 Å². The van der Waals surface area contributed by atoms with Crippen LogP contribution in [0.15, 0.2) is 48.8 Å². The highest BCUT2D eigenvalue weighted by Crippen LogP contribution is 2.30. The number of carbonyl (C=O) groups excluding carboxylic acids is 1. The molecular weight excluding hydrogens is 338 g/mol. The number of fused-ring (bicyclic) bond motifs is 1. The van der Waals surface area contributed by atoms with Crippen molar-refractivity contribution in [3.05, 3.63) is 60.2 Å². The van der Waals surface area contributed by atoms with Crippen molar-refractivity contribution in [2.24, 2.45) is 0 Å². The van der Waals surface area contributed by atoms with Gasteiger partial charge in [-0.3, -0.25) is 14.7 Å². The van der Waals surface area contributed by atoms with Crippen LogP contribution in [0.1, 0.15) is 36.7 Å². The van der Waals surface area contributed by atoms with E-state index in [1.165, 1.54) is 0 Å². The molecule has 6 nitrogen and oxygen atoms in total. The van der Waals surface area contributed by atoms with Crippen molar-refractivity contribution >= 4 is 16.9 Å². The summed E-state index contributed by atoms with van der Waals surface area (Å²) in [7, 11) is 1.98. The fourth-order valence-corrected chi connectivity index (χ4v) is 3.83. The van der Waals surface area contributed by atoms with E-state index in [2.05, 4.69) is 9.97 Å². The van der Waals surface area contributed by atoms with E-state index in [0.29, 0.717) is 13.1 Å². The fourth-order valence-electron chi connectivity index (χ4n) is 3.83. The minimum Gasteiger partial charge on any atom is -0.340 e. The van der Waals surface area contributed by atoms with Crippen LogP contribution in [0, 0.1) is 0 Å². The van der Waals surface area contributed by atoms with E-state index in [9.17, 15) is 4.79 Å². The number of piperidine rings is 1. The number of hydrogen-bond donors (Lipinski definition) is 1. The molecule has 1 fully saturated rings. The standard InChI is InChI=1S/C21H25N5O/c1-25(14-16-7-6-11-22-13-16)15-20(27)26-12-5-4-10-19(26)21-23-17-8-2-3-9-18(17)24-21/h2-3,6-9,11,13,19H,4-5,10,12,14-15H2,1H3,(H,23,24)/t19-/m1/s1. The zero-order valence-corrected chi connectivity index (χ0v) is 15.6. The third-order valence-electron chi connectivity index (χ3n) is 5.13. The third kappa shape index (κ3) is 4.01. The van der Waals surface area contributed by atoms with Gasteiger partial charge in [0.05, 0.1) is 23.6 Å². The van der Waals surface area contributed by atoms with Crippen LogP contribution in [0.5, 0.6) is 0 Å².